The number of rotatable bonds is 3. The van der Waals surface area contributed by atoms with Gasteiger partial charge in [0.2, 0.25) is 0 Å². The standard InChI is InChI=1S/C19H18F3N3/c1-3-11-4-6-12(7-5-11)15-10-14(19(20,21)22)16-17(13-8-9-13)24-25(2)18(16)23-15/h4-7,10,13H,3,8-9H2,1-2H3. The van der Waals surface area contributed by atoms with Crippen molar-refractivity contribution >= 4 is 11.0 Å². The lowest BCUT2D eigenvalue weighted by Gasteiger charge is -2.12. The number of fused-ring (bicyclic) bond motifs is 1. The molecule has 0 bridgehead atoms. The average molecular weight is 345 g/mol. The lowest BCUT2D eigenvalue weighted by atomic mass is 10.0. The molecule has 2 heterocycles. The number of alkyl halides is 3. The SMILES string of the molecule is CCc1ccc(-c2cc(C(F)(F)F)c3c(C4CC4)nn(C)c3n2)cc1. The van der Waals surface area contributed by atoms with Gasteiger partial charge in [0.05, 0.1) is 22.3 Å². The fourth-order valence-electron chi connectivity index (χ4n) is 3.20. The van der Waals surface area contributed by atoms with Crippen LogP contribution in [0.5, 0.6) is 0 Å². The molecule has 6 heteroatoms. The van der Waals surface area contributed by atoms with Gasteiger partial charge >= 0.3 is 6.18 Å². The van der Waals surface area contributed by atoms with Crippen molar-refractivity contribution < 1.29 is 13.2 Å². The third-order valence-corrected chi connectivity index (χ3v) is 4.75. The summed E-state index contributed by atoms with van der Waals surface area (Å²) in [4.78, 5) is 4.51. The van der Waals surface area contributed by atoms with Gasteiger partial charge in [0, 0.05) is 18.5 Å². The van der Waals surface area contributed by atoms with Gasteiger partial charge in [0.15, 0.2) is 5.65 Å². The molecule has 0 radical (unpaired) electrons. The molecular weight excluding hydrogens is 327 g/mol. The van der Waals surface area contributed by atoms with Crippen LogP contribution in [0.3, 0.4) is 0 Å². The molecule has 0 spiro atoms. The van der Waals surface area contributed by atoms with E-state index < -0.39 is 11.7 Å². The maximum absolute atomic E-state index is 13.7. The molecule has 1 saturated carbocycles. The first-order valence-corrected chi connectivity index (χ1v) is 8.42. The van der Waals surface area contributed by atoms with E-state index in [9.17, 15) is 13.2 Å². The van der Waals surface area contributed by atoms with Crippen LogP contribution in [0.1, 0.15) is 42.5 Å². The Morgan fingerprint density at radius 2 is 1.84 bits per heavy atom. The predicted molar refractivity (Wildman–Crippen MR) is 90.3 cm³/mol. The number of nitrogens with zero attached hydrogens (tertiary/aromatic N) is 3. The Bertz CT molecular complexity index is 935. The van der Waals surface area contributed by atoms with Crippen LogP contribution in [0, 0.1) is 0 Å². The van der Waals surface area contributed by atoms with Crippen molar-refractivity contribution in [3.05, 3.63) is 47.2 Å². The molecule has 0 atom stereocenters. The first-order chi connectivity index (χ1) is 11.9. The quantitative estimate of drug-likeness (QED) is 0.662. The van der Waals surface area contributed by atoms with Gasteiger partial charge in [-0.05, 0) is 30.9 Å². The second kappa shape index (κ2) is 5.58. The van der Waals surface area contributed by atoms with Gasteiger partial charge in [0.1, 0.15) is 0 Å². The highest BCUT2D eigenvalue weighted by atomic mass is 19.4. The fourth-order valence-corrected chi connectivity index (χ4v) is 3.20. The summed E-state index contributed by atoms with van der Waals surface area (Å²) < 4.78 is 42.7. The molecule has 1 aromatic carbocycles. The van der Waals surface area contributed by atoms with Gasteiger partial charge in [-0.25, -0.2) is 4.98 Å². The van der Waals surface area contributed by atoms with Gasteiger partial charge in [0.25, 0.3) is 0 Å². The lowest BCUT2D eigenvalue weighted by Crippen LogP contribution is -2.08. The Balaban J connectivity index is 1.96. The zero-order chi connectivity index (χ0) is 17.8. The molecule has 0 amide bonds. The number of hydrogen-bond donors (Lipinski definition) is 0. The molecule has 130 valence electrons. The third kappa shape index (κ3) is 2.79. The number of hydrogen-bond acceptors (Lipinski definition) is 2. The summed E-state index contributed by atoms with van der Waals surface area (Å²) in [5, 5.41) is 4.50. The monoisotopic (exact) mass is 345 g/mol. The minimum absolute atomic E-state index is 0.126. The van der Waals surface area contributed by atoms with E-state index >= 15 is 0 Å². The summed E-state index contributed by atoms with van der Waals surface area (Å²) in [6.45, 7) is 2.04. The molecule has 25 heavy (non-hydrogen) atoms. The highest BCUT2D eigenvalue weighted by Gasteiger charge is 2.39. The Morgan fingerprint density at radius 1 is 1.16 bits per heavy atom. The van der Waals surface area contributed by atoms with Crippen molar-refractivity contribution in [1.82, 2.24) is 14.8 Å². The number of aromatic nitrogens is 3. The number of benzene rings is 1. The number of halogens is 3. The van der Waals surface area contributed by atoms with Crippen LogP contribution in [0.25, 0.3) is 22.3 Å². The summed E-state index contributed by atoms with van der Waals surface area (Å²) >= 11 is 0. The van der Waals surface area contributed by atoms with Crippen LogP contribution < -0.4 is 0 Å². The molecule has 1 fully saturated rings. The highest BCUT2D eigenvalue weighted by molar-refractivity contribution is 5.86. The Kier molecular flexibility index (Phi) is 3.60. The Labute approximate surface area is 143 Å². The summed E-state index contributed by atoms with van der Waals surface area (Å²) in [5.74, 6) is 0.126. The van der Waals surface area contributed by atoms with E-state index in [1.807, 2.05) is 31.2 Å². The van der Waals surface area contributed by atoms with Crippen LogP contribution >= 0.6 is 0 Å². The van der Waals surface area contributed by atoms with Gasteiger partial charge < -0.3 is 0 Å². The zero-order valence-electron chi connectivity index (χ0n) is 14.1. The molecule has 0 saturated heterocycles. The first-order valence-electron chi connectivity index (χ1n) is 8.42. The Hall–Kier alpha value is -2.37. The number of pyridine rings is 1. The topological polar surface area (TPSA) is 30.7 Å². The average Bonchev–Trinajstić information content (AvgIpc) is 3.38. The van der Waals surface area contributed by atoms with E-state index in [1.54, 1.807) is 7.05 Å². The van der Waals surface area contributed by atoms with E-state index in [4.69, 9.17) is 0 Å². The predicted octanol–water partition coefficient (Wildman–Crippen LogP) is 5.09. The molecular formula is C19H18F3N3. The molecule has 4 rings (SSSR count). The zero-order valence-corrected chi connectivity index (χ0v) is 14.1. The summed E-state index contributed by atoms with van der Waals surface area (Å²) in [6, 6.07) is 8.66. The maximum Gasteiger partial charge on any atom is 0.417 e. The summed E-state index contributed by atoms with van der Waals surface area (Å²) in [5.41, 5.74) is 2.34. The van der Waals surface area contributed by atoms with E-state index in [2.05, 4.69) is 10.1 Å². The van der Waals surface area contributed by atoms with Crippen molar-refractivity contribution in [2.75, 3.05) is 0 Å². The largest absolute Gasteiger partial charge is 0.417 e. The van der Waals surface area contributed by atoms with Crippen molar-refractivity contribution in [2.45, 2.75) is 38.3 Å². The fraction of sp³-hybridized carbons (Fsp3) is 0.368. The minimum atomic E-state index is -4.44. The minimum Gasteiger partial charge on any atom is -0.250 e. The molecule has 0 aliphatic heterocycles. The van der Waals surface area contributed by atoms with E-state index in [1.165, 1.54) is 4.68 Å². The second-order valence-electron chi connectivity index (χ2n) is 6.59. The van der Waals surface area contributed by atoms with Gasteiger partial charge in [-0.2, -0.15) is 18.3 Å². The smallest absolute Gasteiger partial charge is 0.250 e. The highest BCUT2D eigenvalue weighted by Crippen LogP contribution is 2.46. The first kappa shape index (κ1) is 16.1. The van der Waals surface area contributed by atoms with Gasteiger partial charge in [-0.3, -0.25) is 4.68 Å². The van der Waals surface area contributed by atoms with E-state index in [0.29, 0.717) is 22.6 Å². The summed E-state index contributed by atoms with van der Waals surface area (Å²) in [6.07, 6.45) is -1.77. The number of aryl methyl sites for hydroxylation is 2. The van der Waals surface area contributed by atoms with Gasteiger partial charge in [-0.15, -0.1) is 0 Å². The second-order valence-corrected chi connectivity index (χ2v) is 6.59. The van der Waals surface area contributed by atoms with E-state index in [0.717, 1.165) is 30.9 Å². The van der Waals surface area contributed by atoms with Crippen LogP contribution in [-0.4, -0.2) is 14.8 Å². The molecule has 2 aromatic heterocycles. The molecule has 0 N–H and O–H groups in total. The van der Waals surface area contributed by atoms with Crippen LogP contribution in [0.4, 0.5) is 13.2 Å². The lowest BCUT2D eigenvalue weighted by molar-refractivity contribution is -0.136. The molecule has 1 aliphatic carbocycles. The Morgan fingerprint density at radius 3 is 2.40 bits per heavy atom. The molecule has 0 unspecified atom stereocenters. The van der Waals surface area contributed by atoms with Crippen molar-refractivity contribution in [3.8, 4) is 11.3 Å². The van der Waals surface area contributed by atoms with Crippen molar-refractivity contribution in [1.29, 1.82) is 0 Å². The molecule has 3 aromatic rings. The molecule has 3 nitrogen and oxygen atoms in total. The van der Waals surface area contributed by atoms with Crippen LogP contribution in [0.15, 0.2) is 30.3 Å². The normalized spacial score (nSPS) is 15.1. The van der Waals surface area contributed by atoms with Crippen LogP contribution in [-0.2, 0) is 19.6 Å². The third-order valence-electron chi connectivity index (χ3n) is 4.75. The van der Waals surface area contributed by atoms with Crippen molar-refractivity contribution in [3.63, 3.8) is 0 Å². The molecule has 1 aliphatic rings. The van der Waals surface area contributed by atoms with Crippen LogP contribution in [0.2, 0.25) is 0 Å². The van der Waals surface area contributed by atoms with Gasteiger partial charge in [-0.1, -0.05) is 31.2 Å². The maximum atomic E-state index is 13.7. The summed E-state index contributed by atoms with van der Waals surface area (Å²) in [7, 11) is 1.66. The van der Waals surface area contributed by atoms with Crippen molar-refractivity contribution in [2.24, 2.45) is 7.05 Å². The van der Waals surface area contributed by atoms with E-state index in [-0.39, 0.29) is 11.3 Å².